The van der Waals surface area contributed by atoms with Crippen molar-refractivity contribution in [2.45, 2.75) is 19.4 Å². The molecule has 0 amide bonds. The smallest absolute Gasteiger partial charge is 0.147 e. The van der Waals surface area contributed by atoms with Crippen LogP contribution in [0.25, 0.3) is 5.69 Å². The Bertz CT molecular complexity index is 517. The molecule has 0 saturated carbocycles. The van der Waals surface area contributed by atoms with Crippen LogP contribution in [0.15, 0.2) is 36.8 Å². The van der Waals surface area contributed by atoms with E-state index in [1.54, 1.807) is 29.2 Å². The third-order valence-corrected chi connectivity index (χ3v) is 3.02. The average Bonchev–Trinajstić information content (AvgIpc) is 2.79. The van der Waals surface area contributed by atoms with Crippen LogP contribution in [0.4, 0.5) is 4.39 Å². The first kappa shape index (κ1) is 11.8. The summed E-state index contributed by atoms with van der Waals surface area (Å²) < 4.78 is 15.5. The number of imidazole rings is 1. The van der Waals surface area contributed by atoms with Crippen LogP contribution in [0.3, 0.4) is 0 Å². The van der Waals surface area contributed by atoms with Gasteiger partial charge in [-0.2, -0.15) is 0 Å². The third kappa shape index (κ3) is 2.08. The van der Waals surface area contributed by atoms with E-state index in [1.807, 2.05) is 27.0 Å². The number of hydrogen-bond acceptors (Lipinski definition) is 2. The highest BCUT2D eigenvalue weighted by molar-refractivity contribution is 5.36. The second kappa shape index (κ2) is 4.30. The van der Waals surface area contributed by atoms with E-state index in [0.717, 1.165) is 5.69 Å². The van der Waals surface area contributed by atoms with Gasteiger partial charge in [-0.05, 0) is 33.0 Å². The van der Waals surface area contributed by atoms with Crippen molar-refractivity contribution in [3.63, 3.8) is 0 Å². The van der Waals surface area contributed by atoms with Gasteiger partial charge in [0.1, 0.15) is 5.82 Å². The van der Waals surface area contributed by atoms with Gasteiger partial charge in [-0.15, -0.1) is 0 Å². The van der Waals surface area contributed by atoms with Crippen LogP contribution in [0, 0.1) is 5.82 Å². The summed E-state index contributed by atoms with van der Waals surface area (Å²) in [5.41, 5.74) is 1.17. The summed E-state index contributed by atoms with van der Waals surface area (Å²) >= 11 is 0. The Labute approximate surface area is 100 Å². The molecule has 0 saturated heterocycles. The van der Waals surface area contributed by atoms with Crippen LogP contribution in [0.5, 0.6) is 0 Å². The number of benzene rings is 1. The molecule has 1 aromatic carbocycles. The lowest BCUT2D eigenvalue weighted by atomic mass is 10.0. The third-order valence-electron chi connectivity index (χ3n) is 3.02. The molecule has 0 aliphatic carbocycles. The first-order chi connectivity index (χ1) is 8.06. The highest BCUT2D eigenvalue weighted by atomic mass is 19.1. The Kier molecular flexibility index (Phi) is 2.98. The van der Waals surface area contributed by atoms with Crippen molar-refractivity contribution in [3.05, 3.63) is 48.3 Å². The van der Waals surface area contributed by atoms with E-state index in [9.17, 15) is 4.39 Å². The van der Waals surface area contributed by atoms with Crippen molar-refractivity contribution >= 4 is 0 Å². The second-order valence-corrected chi connectivity index (χ2v) is 4.48. The summed E-state index contributed by atoms with van der Waals surface area (Å²) in [6, 6.07) is 6.69. The number of hydrogen-bond donors (Lipinski definition) is 1. The minimum absolute atomic E-state index is 0.251. The molecule has 0 spiro atoms. The van der Waals surface area contributed by atoms with Crippen molar-refractivity contribution < 1.29 is 4.39 Å². The van der Waals surface area contributed by atoms with Crippen LogP contribution >= 0.6 is 0 Å². The Morgan fingerprint density at radius 2 is 2.00 bits per heavy atom. The molecule has 0 radical (unpaired) electrons. The second-order valence-electron chi connectivity index (χ2n) is 4.48. The normalized spacial score (nSPS) is 11.8. The molecule has 0 aliphatic heterocycles. The van der Waals surface area contributed by atoms with E-state index in [4.69, 9.17) is 0 Å². The molecule has 2 rings (SSSR count). The molecular weight excluding hydrogens is 217 g/mol. The molecule has 0 fully saturated rings. The summed E-state index contributed by atoms with van der Waals surface area (Å²) in [5.74, 6) is -0.251. The predicted octanol–water partition coefficient (Wildman–Crippen LogP) is 2.47. The lowest BCUT2D eigenvalue weighted by Gasteiger charge is -2.25. The predicted molar refractivity (Wildman–Crippen MR) is 65.6 cm³/mol. The molecule has 1 N–H and O–H groups in total. The minimum Gasteiger partial charge on any atom is -0.310 e. The lowest BCUT2D eigenvalue weighted by Crippen LogP contribution is -2.35. The Balaban J connectivity index is 2.56. The Hall–Kier alpha value is -1.68. The topological polar surface area (TPSA) is 29.9 Å². The maximum atomic E-state index is 13.8. The quantitative estimate of drug-likeness (QED) is 0.882. The SMILES string of the molecule is CNC(C)(C)c1cncn1-c1ccccc1F. The minimum atomic E-state index is -0.265. The largest absolute Gasteiger partial charge is 0.310 e. The molecule has 2 aromatic rings. The molecule has 1 heterocycles. The summed E-state index contributed by atoms with van der Waals surface area (Å²) in [6.07, 6.45) is 3.38. The van der Waals surface area contributed by atoms with Crippen LogP contribution in [0.1, 0.15) is 19.5 Å². The highest BCUT2D eigenvalue weighted by Crippen LogP contribution is 2.23. The van der Waals surface area contributed by atoms with Gasteiger partial charge in [0.15, 0.2) is 0 Å². The zero-order valence-electron chi connectivity index (χ0n) is 10.2. The average molecular weight is 233 g/mol. The van der Waals surface area contributed by atoms with Gasteiger partial charge >= 0.3 is 0 Å². The van der Waals surface area contributed by atoms with Gasteiger partial charge in [0.25, 0.3) is 0 Å². The fourth-order valence-electron chi connectivity index (χ4n) is 1.72. The highest BCUT2D eigenvalue weighted by Gasteiger charge is 2.23. The molecule has 0 aliphatic rings. The van der Waals surface area contributed by atoms with Gasteiger partial charge in [0.05, 0.1) is 29.4 Å². The molecule has 0 unspecified atom stereocenters. The molecule has 0 bridgehead atoms. The molecule has 0 atom stereocenters. The summed E-state index contributed by atoms with van der Waals surface area (Å²) in [5, 5.41) is 3.19. The maximum Gasteiger partial charge on any atom is 0.147 e. The van der Waals surface area contributed by atoms with Gasteiger partial charge in [-0.3, -0.25) is 4.57 Å². The van der Waals surface area contributed by atoms with E-state index in [-0.39, 0.29) is 11.4 Å². The maximum absolute atomic E-state index is 13.8. The van der Waals surface area contributed by atoms with Gasteiger partial charge in [0.2, 0.25) is 0 Å². The van der Waals surface area contributed by atoms with Gasteiger partial charge in [-0.1, -0.05) is 12.1 Å². The van der Waals surface area contributed by atoms with Crippen LogP contribution < -0.4 is 5.32 Å². The number of nitrogens with zero attached hydrogens (tertiary/aromatic N) is 2. The monoisotopic (exact) mass is 233 g/mol. The molecule has 3 nitrogen and oxygen atoms in total. The molecular formula is C13H16FN3. The summed E-state index contributed by atoms with van der Waals surface area (Å²) in [7, 11) is 1.87. The fraction of sp³-hybridized carbons (Fsp3) is 0.308. The number of nitrogens with one attached hydrogen (secondary N) is 1. The number of aromatic nitrogens is 2. The van der Waals surface area contributed by atoms with Crippen molar-refractivity contribution in [3.8, 4) is 5.69 Å². The zero-order valence-corrected chi connectivity index (χ0v) is 10.2. The van der Waals surface area contributed by atoms with E-state index in [1.165, 1.54) is 6.07 Å². The van der Waals surface area contributed by atoms with E-state index in [2.05, 4.69) is 10.3 Å². The molecule has 90 valence electrons. The summed E-state index contributed by atoms with van der Waals surface area (Å²) in [4.78, 5) is 4.11. The molecule has 1 aromatic heterocycles. The first-order valence-electron chi connectivity index (χ1n) is 5.53. The summed E-state index contributed by atoms with van der Waals surface area (Å²) in [6.45, 7) is 4.06. The Morgan fingerprint density at radius 1 is 1.29 bits per heavy atom. The van der Waals surface area contributed by atoms with E-state index < -0.39 is 0 Å². The lowest BCUT2D eigenvalue weighted by molar-refractivity contribution is 0.423. The number of halogens is 1. The fourth-order valence-corrected chi connectivity index (χ4v) is 1.72. The van der Waals surface area contributed by atoms with Gasteiger partial charge < -0.3 is 5.32 Å². The van der Waals surface area contributed by atoms with E-state index in [0.29, 0.717) is 5.69 Å². The van der Waals surface area contributed by atoms with Crippen LogP contribution in [-0.2, 0) is 5.54 Å². The van der Waals surface area contributed by atoms with E-state index >= 15 is 0 Å². The van der Waals surface area contributed by atoms with Crippen molar-refractivity contribution in [1.82, 2.24) is 14.9 Å². The van der Waals surface area contributed by atoms with Crippen molar-refractivity contribution in [2.75, 3.05) is 7.05 Å². The number of para-hydroxylation sites is 1. The van der Waals surface area contributed by atoms with Gasteiger partial charge in [0, 0.05) is 0 Å². The van der Waals surface area contributed by atoms with Gasteiger partial charge in [-0.25, -0.2) is 9.37 Å². The van der Waals surface area contributed by atoms with Crippen molar-refractivity contribution in [2.24, 2.45) is 0 Å². The standard InChI is InChI=1S/C13H16FN3/c1-13(2,15-3)12-8-16-9-17(12)11-7-5-4-6-10(11)14/h4-9,15H,1-3H3. The van der Waals surface area contributed by atoms with Crippen LogP contribution in [-0.4, -0.2) is 16.6 Å². The number of rotatable bonds is 3. The Morgan fingerprint density at radius 3 is 2.65 bits per heavy atom. The molecule has 4 heteroatoms. The molecule has 17 heavy (non-hydrogen) atoms. The zero-order chi connectivity index (χ0) is 12.5. The van der Waals surface area contributed by atoms with Crippen LogP contribution in [0.2, 0.25) is 0 Å². The first-order valence-corrected chi connectivity index (χ1v) is 5.53. The van der Waals surface area contributed by atoms with Crippen molar-refractivity contribution in [1.29, 1.82) is 0 Å².